The Kier molecular flexibility index (Phi) is 10.7. The second kappa shape index (κ2) is 12.4. The molecule has 1 aliphatic heterocycles. The third-order valence-electron chi connectivity index (χ3n) is 4.03. The highest BCUT2D eigenvalue weighted by Gasteiger charge is 2.49. The van der Waals surface area contributed by atoms with E-state index in [1.165, 1.54) is 6.92 Å². The average molecular weight is 452 g/mol. The number of hydrogen-bond acceptors (Lipinski definition) is 11. The van der Waals surface area contributed by atoms with Gasteiger partial charge in [-0.3, -0.25) is 18.6 Å². The first kappa shape index (κ1) is 25.8. The summed E-state index contributed by atoms with van der Waals surface area (Å²) in [6.45, 7) is 4.87. The number of ether oxygens (including phenoxy) is 5. The maximum Gasteiger partial charge on any atom is 0.407 e. The summed E-state index contributed by atoms with van der Waals surface area (Å²) in [7, 11) is 0. The molecule has 0 aromatic heterocycles. The molecule has 0 saturated carbocycles. The summed E-state index contributed by atoms with van der Waals surface area (Å²) < 4.78 is 47.1. The molecule has 1 N–H and O–H groups in total. The largest absolute Gasteiger partial charge is 0.772 e. The van der Waals surface area contributed by atoms with Gasteiger partial charge < -0.3 is 33.6 Å². The Morgan fingerprint density at radius 2 is 1.57 bits per heavy atom. The molecule has 13 heteroatoms. The van der Waals surface area contributed by atoms with E-state index in [-0.39, 0.29) is 25.3 Å². The maximum atomic E-state index is 11.8. The van der Waals surface area contributed by atoms with Gasteiger partial charge in [-0.1, -0.05) is 18.0 Å². The molecule has 12 nitrogen and oxygen atoms in total. The second-order valence-corrected chi connectivity index (χ2v) is 7.56. The number of carbonyl (C=O) groups is 4. The van der Waals surface area contributed by atoms with Gasteiger partial charge in [-0.15, -0.1) is 0 Å². The summed E-state index contributed by atoms with van der Waals surface area (Å²) in [5.41, 5.74) is 0. The molecule has 1 amide bonds. The Morgan fingerprint density at radius 3 is 2.10 bits per heavy atom. The fourth-order valence-electron chi connectivity index (χ4n) is 2.76. The van der Waals surface area contributed by atoms with Crippen LogP contribution in [-0.2, 0) is 49.1 Å². The van der Waals surface area contributed by atoms with Crippen molar-refractivity contribution in [3.63, 3.8) is 0 Å². The number of rotatable bonds is 9. The summed E-state index contributed by atoms with van der Waals surface area (Å²) in [5, 5.41) is 2.38. The first-order valence-corrected chi connectivity index (χ1v) is 10.4. The highest BCUT2D eigenvalue weighted by molar-refractivity contribution is 7.79. The van der Waals surface area contributed by atoms with E-state index in [1.54, 1.807) is 6.92 Å². The van der Waals surface area contributed by atoms with Crippen LogP contribution in [0.4, 0.5) is 4.79 Å². The lowest BCUT2D eigenvalue weighted by Crippen LogP contribution is -2.58. The average Bonchev–Trinajstić information content (AvgIpc) is 2.61. The highest BCUT2D eigenvalue weighted by Crippen LogP contribution is 2.31. The lowest BCUT2D eigenvalue weighted by molar-refractivity contribution is -0.285. The fraction of sp³-hybridized carbons (Fsp3) is 0.765. The van der Waals surface area contributed by atoms with Gasteiger partial charge in [0, 0.05) is 39.0 Å². The number of alkyl carbamates (subject to hydrolysis) is 1. The Hall–Kier alpha value is -2.25. The third-order valence-corrected chi connectivity index (χ3v) is 4.65. The molecule has 0 spiro atoms. The van der Waals surface area contributed by atoms with Gasteiger partial charge >= 0.3 is 24.0 Å². The van der Waals surface area contributed by atoms with Gasteiger partial charge in [0.1, 0.15) is 18.8 Å². The number of hydrogen-bond donors (Lipinski definition) is 1. The summed E-state index contributed by atoms with van der Waals surface area (Å²) in [4.78, 5) is 46.2. The van der Waals surface area contributed by atoms with E-state index in [0.717, 1.165) is 13.8 Å². The van der Waals surface area contributed by atoms with Crippen LogP contribution < -0.4 is 5.32 Å². The van der Waals surface area contributed by atoms with E-state index in [4.69, 9.17) is 23.7 Å². The maximum absolute atomic E-state index is 11.8. The van der Waals surface area contributed by atoms with Crippen molar-refractivity contribution < 1.29 is 51.6 Å². The molecule has 172 valence electrons. The number of nitrogens with one attached hydrogen (secondary N) is 1. The third kappa shape index (κ3) is 9.05. The molecular weight excluding hydrogens is 426 g/mol. The fourth-order valence-corrected chi connectivity index (χ4v) is 3.14. The molecule has 6 atom stereocenters. The van der Waals surface area contributed by atoms with Gasteiger partial charge in [0.25, 0.3) is 0 Å². The molecule has 0 aromatic carbocycles. The Morgan fingerprint density at radius 1 is 1.00 bits per heavy atom. The van der Waals surface area contributed by atoms with Crippen LogP contribution in [0.3, 0.4) is 0 Å². The highest BCUT2D eigenvalue weighted by atomic mass is 32.2. The zero-order chi connectivity index (χ0) is 22.8. The molecule has 30 heavy (non-hydrogen) atoms. The van der Waals surface area contributed by atoms with Crippen molar-refractivity contribution in [2.24, 2.45) is 5.92 Å². The smallest absolute Gasteiger partial charge is 0.407 e. The van der Waals surface area contributed by atoms with Crippen molar-refractivity contribution in [1.29, 1.82) is 0 Å². The van der Waals surface area contributed by atoms with E-state index in [9.17, 15) is 27.9 Å². The van der Waals surface area contributed by atoms with Crippen LogP contribution in [0.25, 0.3) is 0 Å². The van der Waals surface area contributed by atoms with Crippen LogP contribution >= 0.6 is 0 Å². The minimum absolute atomic E-state index is 0.0918. The molecule has 1 heterocycles. The minimum Gasteiger partial charge on any atom is -0.772 e. The van der Waals surface area contributed by atoms with E-state index in [2.05, 4.69) is 5.32 Å². The van der Waals surface area contributed by atoms with Crippen molar-refractivity contribution in [2.45, 2.75) is 58.7 Å². The molecule has 0 aromatic rings. The van der Waals surface area contributed by atoms with E-state index in [1.807, 2.05) is 0 Å². The van der Waals surface area contributed by atoms with Crippen LogP contribution in [0, 0.1) is 5.92 Å². The van der Waals surface area contributed by atoms with Crippen molar-refractivity contribution in [2.75, 3.05) is 18.9 Å². The molecule has 1 rings (SSSR count). The molecule has 1 fully saturated rings. The summed E-state index contributed by atoms with van der Waals surface area (Å²) in [6, 6.07) is 0. The molecule has 0 bridgehead atoms. The Bertz CT molecular complexity index is 656. The molecule has 0 aliphatic carbocycles. The quantitative estimate of drug-likeness (QED) is 0.212. The van der Waals surface area contributed by atoms with Gasteiger partial charge in [0.15, 0.2) is 0 Å². The second-order valence-electron chi connectivity index (χ2n) is 6.55. The van der Waals surface area contributed by atoms with E-state index < -0.39 is 65.6 Å². The summed E-state index contributed by atoms with van der Waals surface area (Å²) in [6.07, 6.45) is -5.05. The molecular formula is C17H26NO11S-. The zero-order valence-corrected chi connectivity index (χ0v) is 17.9. The van der Waals surface area contributed by atoms with Gasteiger partial charge in [-0.2, -0.15) is 0 Å². The van der Waals surface area contributed by atoms with Crippen LogP contribution in [-0.4, -0.2) is 76.3 Å². The van der Waals surface area contributed by atoms with Crippen molar-refractivity contribution in [3.8, 4) is 0 Å². The van der Waals surface area contributed by atoms with E-state index >= 15 is 0 Å². The minimum atomic E-state index is -2.20. The monoisotopic (exact) mass is 452 g/mol. The molecule has 0 radical (unpaired) electrons. The van der Waals surface area contributed by atoms with Gasteiger partial charge in [0.05, 0.1) is 0 Å². The van der Waals surface area contributed by atoms with Crippen LogP contribution in [0.15, 0.2) is 0 Å². The van der Waals surface area contributed by atoms with Crippen LogP contribution in [0.2, 0.25) is 0 Å². The number of esters is 3. The van der Waals surface area contributed by atoms with Crippen molar-refractivity contribution in [3.05, 3.63) is 0 Å². The van der Waals surface area contributed by atoms with Gasteiger partial charge in [-0.05, 0) is 6.42 Å². The van der Waals surface area contributed by atoms with Crippen molar-refractivity contribution in [1.82, 2.24) is 5.32 Å². The zero-order valence-electron chi connectivity index (χ0n) is 17.1. The van der Waals surface area contributed by atoms with Crippen molar-refractivity contribution >= 4 is 35.1 Å². The first-order valence-electron chi connectivity index (χ1n) is 9.14. The lowest BCUT2D eigenvalue weighted by Gasteiger charge is -2.43. The number of amides is 1. The molecule has 1 aliphatic rings. The van der Waals surface area contributed by atoms with Crippen LogP contribution in [0.5, 0.6) is 0 Å². The lowest BCUT2D eigenvalue weighted by atomic mass is 9.90. The van der Waals surface area contributed by atoms with Crippen LogP contribution in [0.1, 0.15) is 34.1 Å². The first-order chi connectivity index (χ1) is 14.0. The topological polar surface area (TPSA) is 167 Å². The van der Waals surface area contributed by atoms with Gasteiger partial charge in [-0.25, -0.2) is 4.79 Å². The standard InChI is InChI=1S/C17H27NO11S/c1-9-13(8-25-17(22)18-6-5-7-30(23)24)29-16(28-12(4)21)15(27-11(3)20)14(9)26-10(2)19/h9,13-16H,5-8H2,1-4H3,(H,18,22)(H,23,24)/p-1/t9-,13-,14+,15-,16+/m1/s1. The number of carbonyl (C=O) groups excluding carboxylic acids is 4. The molecule has 1 saturated heterocycles. The van der Waals surface area contributed by atoms with E-state index in [0.29, 0.717) is 0 Å². The summed E-state index contributed by atoms with van der Waals surface area (Å²) in [5.74, 6) is -2.77. The normalized spacial score (nSPS) is 26.8. The molecule has 1 unspecified atom stereocenters. The SMILES string of the molecule is CC(=O)O[C@H]1O[C@H](COC(=O)NCCCS(=O)[O-])[C@@H](C)[C@H](OC(C)=O)[C@H]1OC(C)=O. The predicted octanol–water partition coefficient (Wildman–Crippen LogP) is -0.231. The Balaban J connectivity index is 2.81. The Labute approximate surface area is 176 Å². The predicted molar refractivity (Wildman–Crippen MR) is 98.5 cm³/mol. The summed E-state index contributed by atoms with van der Waals surface area (Å²) >= 11 is -2.20. The van der Waals surface area contributed by atoms with Gasteiger partial charge in [0.2, 0.25) is 12.4 Å².